The van der Waals surface area contributed by atoms with Gasteiger partial charge in [0.05, 0.1) is 0 Å². The number of hydrogen-bond donors (Lipinski definition) is 2. The maximum atomic E-state index is 10.8. The zero-order valence-corrected chi connectivity index (χ0v) is 7.66. The van der Waals surface area contributed by atoms with Gasteiger partial charge in [-0.25, -0.2) is 8.42 Å². The fourth-order valence-corrected chi connectivity index (χ4v) is 1.19. The first-order chi connectivity index (χ1) is 6.14. The fraction of sp³-hybridized carbons (Fsp3) is 0. The molecule has 0 aliphatic carbocycles. The Kier molecular flexibility index (Phi) is 3.18. The summed E-state index contributed by atoms with van der Waals surface area (Å²) in [7, 11) is -3.47. The summed E-state index contributed by atoms with van der Waals surface area (Å²) in [4.78, 5) is 1.70. The van der Waals surface area contributed by atoms with E-state index in [4.69, 9.17) is 5.84 Å². The van der Waals surface area contributed by atoms with E-state index in [2.05, 4.69) is 0 Å². The monoisotopic (exact) mass is 198 g/mol. The minimum absolute atomic E-state index is 0.807. The molecule has 0 amide bonds. The second-order valence-electron chi connectivity index (χ2n) is 2.38. The van der Waals surface area contributed by atoms with Crippen LogP contribution in [0.4, 0.5) is 0 Å². The van der Waals surface area contributed by atoms with Crippen LogP contribution >= 0.6 is 0 Å². The lowest BCUT2D eigenvalue weighted by atomic mass is 10.2. The molecule has 0 radical (unpaired) electrons. The van der Waals surface area contributed by atoms with Crippen molar-refractivity contribution < 1.29 is 8.42 Å². The molecule has 0 spiro atoms. The van der Waals surface area contributed by atoms with Crippen LogP contribution in [0.2, 0.25) is 0 Å². The second-order valence-corrected chi connectivity index (χ2v) is 3.97. The van der Waals surface area contributed by atoms with Crippen LogP contribution in [0.25, 0.3) is 6.08 Å². The molecule has 0 fully saturated rings. The van der Waals surface area contributed by atoms with E-state index >= 15 is 0 Å². The maximum absolute atomic E-state index is 10.8. The average Bonchev–Trinajstić information content (AvgIpc) is 2.17. The predicted octanol–water partition coefficient (Wildman–Crippen LogP) is 0.450. The van der Waals surface area contributed by atoms with Crippen molar-refractivity contribution >= 4 is 16.1 Å². The molecular weight excluding hydrogens is 188 g/mol. The molecule has 0 aliphatic heterocycles. The summed E-state index contributed by atoms with van der Waals surface area (Å²) in [6.07, 6.45) is 1.47. The zero-order chi connectivity index (χ0) is 9.73. The first-order valence-corrected chi connectivity index (χ1v) is 5.14. The van der Waals surface area contributed by atoms with Crippen molar-refractivity contribution in [1.29, 1.82) is 0 Å². The first kappa shape index (κ1) is 9.91. The van der Waals surface area contributed by atoms with Crippen molar-refractivity contribution in [2.24, 2.45) is 5.84 Å². The Labute approximate surface area is 77.1 Å². The highest BCUT2D eigenvalue weighted by atomic mass is 32.2. The Morgan fingerprint density at radius 3 is 2.38 bits per heavy atom. The zero-order valence-electron chi connectivity index (χ0n) is 6.84. The van der Waals surface area contributed by atoms with Crippen LogP contribution in [0.3, 0.4) is 0 Å². The molecule has 0 heterocycles. The molecular formula is C8H10N2O2S. The summed E-state index contributed by atoms with van der Waals surface area (Å²) in [6, 6.07) is 9.09. The van der Waals surface area contributed by atoms with Gasteiger partial charge in [0.15, 0.2) is 0 Å². The fourth-order valence-electron chi connectivity index (χ4n) is 0.772. The Bertz CT molecular complexity index is 384. The van der Waals surface area contributed by atoms with Crippen molar-refractivity contribution in [1.82, 2.24) is 4.83 Å². The third-order valence-electron chi connectivity index (χ3n) is 1.40. The van der Waals surface area contributed by atoms with Crippen LogP contribution in [0.5, 0.6) is 0 Å². The van der Waals surface area contributed by atoms with Crippen LogP contribution in [-0.4, -0.2) is 8.42 Å². The van der Waals surface area contributed by atoms with Crippen LogP contribution in [0.1, 0.15) is 5.56 Å². The highest BCUT2D eigenvalue weighted by Gasteiger charge is 1.98. The van der Waals surface area contributed by atoms with Gasteiger partial charge in [-0.05, 0) is 11.6 Å². The smallest absolute Gasteiger partial charge is 0.246 e. The highest BCUT2D eigenvalue weighted by Crippen LogP contribution is 2.01. The van der Waals surface area contributed by atoms with Crippen molar-refractivity contribution in [3.05, 3.63) is 41.3 Å². The van der Waals surface area contributed by atoms with E-state index in [0.717, 1.165) is 11.0 Å². The van der Waals surface area contributed by atoms with Gasteiger partial charge in [0, 0.05) is 5.41 Å². The molecule has 0 bridgehead atoms. The topological polar surface area (TPSA) is 72.2 Å². The molecule has 70 valence electrons. The van der Waals surface area contributed by atoms with Gasteiger partial charge in [-0.1, -0.05) is 30.3 Å². The molecule has 13 heavy (non-hydrogen) atoms. The highest BCUT2D eigenvalue weighted by molar-refractivity contribution is 7.92. The van der Waals surface area contributed by atoms with Gasteiger partial charge in [0.25, 0.3) is 0 Å². The van der Waals surface area contributed by atoms with Crippen molar-refractivity contribution in [2.75, 3.05) is 0 Å². The van der Waals surface area contributed by atoms with Crippen molar-refractivity contribution in [2.45, 2.75) is 0 Å². The molecule has 0 saturated heterocycles. The Hall–Kier alpha value is -1.17. The summed E-state index contributed by atoms with van der Waals surface area (Å²) in [5, 5.41) is 1.02. The summed E-state index contributed by atoms with van der Waals surface area (Å²) in [5.74, 6) is 4.78. The molecule has 0 atom stereocenters. The van der Waals surface area contributed by atoms with Gasteiger partial charge in [0.2, 0.25) is 10.0 Å². The number of hydrogen-bond acceptors (Lipinski definition) is 3. The maximum Gasteiger partial charge on any atom is 0.246 e. The summed E-state index contributed by atoms with van der Waals surface area (Å²) in [5.41, 5.74) is 0.807. The number of hydrazine groups is 1. The van der Waals surface area contributed by atoms with Crippen LogP contribution in [0, 0.1) is 0 Å². The van der Waals surface area contributed by atoms with Gasteiger partial charge in [-0.15, -0.1) is 0 Å². The van der Waals surface area contributed by atoms with Crippen LogP contribution < -0.4 is 10.7 Å². The van der Waals surface area contributed by atoms with E-state index in [1.165, 1.54) is 6.08 Å². The lowest BCUT2D eigenvalue weighted by Gasteiger charge is -1.93. The standard InChI is InChI=1S/C8H10N2O2S/c9-10-13(11,12)7-6-8-4-2-1-3-5-8/h1-7,10H,9H2/b7-6+. The van der Waals surface area contributed by atoms with E-state index in [1.54, 1.807) is 17.0 Å². The van der Waals surface area contributed by atoms with E-state index in [9.17, 15) is 8.42 Å². The third-order valence-corrected chi connectivity index (χ3v) is 2.23. The van der Waals surface area contributed by atoms with E-state index < -0.39 is 10.0 Å². The van der Waals surface area contributed by atoms with E-state index in [1.807, 2.05) is 18.2 Å². The van der Waals surface area contributed by atoms with Crippen molar-refractivity contribution in [3.63, 3.8) is 0 Å². The molecule has 1 rings (SSSR count). The minimum atomic E-state index is -3.47. The molecule has 3 N–H and O–H groups in total. The third kappa shape index (κ3) is 3.37. The molecule has 1 aromatic rings. The van der Waals surface area contributed by atoms with Crippen molar-refractivity contribution in [3.8, 4) is 0 Å². The lowest BCUT2D eigenvalue weighted by Crippen LogP contribution is -2.27. The number of nitrogens with one attached hydrogen (secondary N) is 1. The molecule has 0 saturated carbocycles. The molecule has 0 aliphatic rings. The van der Waals surface area contributed by atoms with Gasteiger partial charge in [-0.3, -0.25) is 5.84 Å². The minimum Gasteiger partial charge on any atom is -0.257 e. The predicted molar refractivity (Wildman–Crippen MR) is 51.7 cm³/mol. The molecule has 5 heteroatoms. The van der Waals surface area contributed by atoms with Gasteiger partial charge < -0.3 is 0 Å². The number of nitrogens with two attached hydrogens (primary N) is 1. The summed E-state index contributed by atoms with van der Waals surface area (Å²) in [6.45, 7) is 0. The van der Waals surface area contributed by atoms with E-state index in [-0.39, 0.29) is 0 Å². The van der Waals surface area contributed by atoms with Crippen LogP contribution in [0.15, 0.2) is 35.7 Å². The summed E-state index contributed by atoms with van der Waals surface area (Å²) < 4.78 is 21.7. The number of benzene rings is 1. The normalized spacial score (nSPS) is 12.1. The van der Waals surface area contributed by atoms with Gasteiger partial charge in [0.1, 0.15) is 0 Å². The quantitative estimate of drug-likeness (QED) is 0.547. The summed E-state index contributed by atoms with van der Waals surface area (Å²) >= 11 is 0. The Balaban J connectivity index is 2.82. The molecule has 4 nitrogen and oxygen atoms in total. The second kappa shape index (κ2) is 4.18. The van der Waals surface area contributed by atoms with Gasteiger partial charge in [-0.2, -0.15) is 4.83 Å². The average molecular weight is 198 g/mol. The molecule has 0 unspecified atom stereocenters. The van der Waals surface area contributed by atoms with Crippen LogP contribution in [-0.2, 0) is 10.0 Å². The SMILES string of the molecule is NNS(=O)(=O)/C=C/c1ccccc1. The number of sulfonamides is 1. The number of rotatable bonds is 3. The first-order valence-electron chi connectivity index (χ1n) is 3.59. The van der Waals surface area contributed by atoms with Gasteiger partial charge >= 0.3 is 0 Å². The molecule has 1 aromatic carbocycles. The Morgan fingerprint density at radius 1 is 1.23 bits per heavy atom. The Morgan fingerprint density at radius 2 is 1.85 bits per heavy atom. The van der Waals surface area contributed by atoms with E-state index in [0.29, 0.717) is 0 Å². The largest absolute Gasteiger partial charge is 0.257 e. The lowest BCUT2D eigenvalue weighted by molar-refractivity contribution is 0.593. The molecule has 0 aromatic heterocycles.